The molecule has 0 saturated heterocycles. The maximum absolute atomic E-state index is 11.3. The van der Waals surface area contributed by atoms with Crippen LogP contribution in [-0.2, 0) is 9.53 Å². The molecule has 0 aliphatic heterocycles. The molecule has 0 spiro atoms. The first kappa shape index (κ1) is 10.3. The normalized spacial score (nSPS) is 12.2. The summed E-state index contributed by atoms with van der Waals surface area (Å²) in [4.78, 5) is 10.9. The Balaban J connectivity index is 2.68. The predicted octanol–water partition coefficient (Wildman–Crippen LogP) is 2.69. The average molecular weight is 243 g/mol. The number of carbonyl (C=O) groups excluding carboxylic acids is 1. The van der Waals surface area contributed by atoms with E-state index >= 15 is 0 Å². The van der Waals surface area contributed by atoms with Gasteiger partial charge in [0.15, 0.2) is 0 Å². The van der Waals surface area contributed by atoms with Crippen molar-refractivity contribution in [3.8, 4) is 0 Å². The van der Waals surface area contributed by atoms with Gasteiger partial charge in [0.05, 0.1) is 6.61 Å². The van der Waals surface area contributed by atoms with Gasteiger partial charge in [-0.15, -0.1) is 0 Å². The minimum atomic E-state index is -0.353. The summed E-state index contributed by atoms with van der Waals surface area (Å²) >= 11 is 3.28. The van der Waals surface area contributed by atoms with Gasteiger partial charge in [-0.2, -0.15) is 0 Å². The second-order valence-corrected chi connectivity index (χ2v) is 3.44. The Labute approximate surface area is 86.0 Å². The van der Waals surface area contributed by atoms with Gasteiger partial charge in [-0.25, -0.2) is 0 Å². The van der Waals surface area contributed by atoms with Gasteiger partial charge in [-0.05, 0) is 12.5 Å². The first-order valence-electron chi connectivity index (χ1n) is 4.11. The van der Waals surface area contributed by atoms with E-state index < -0.39 is 0 Å². The molecule has 1 atom stereocenters. The third-order valence-electron chi connectivity index (χ3n) is 1.59. The van der Waals surface area contributed by atoms with Gasteiger partial charge in [-0.1, -0.05) is 46.3 Å². The molecule has 13 heavy (non-hydrogen) atoms. The highest BCUT2D eigenvalue weighted by Crippen LogP contribution is 2.23. The SMILES string of the molecule is CCOC(=O)[C@H](Br)c1ccccc1. The molecular weight excluding hydrogens is 232 g/mol. The topological polar surface area (TPSA) is 26.3 Å². The van der Waals surface area contributed by atoms with E-state index in [-0.39, 0.29) is 10.8 Å². The third kappa shape index (κ3) is 2.84. The Kier molecular flexibility index (Phi) is 3.96. The van der Waals surface area contributed by atoms with Crippen molar-refractivity contribution in [3.63, 3.8) is 0 Å². The van der Waals surface area contributed by atoms with Gasteiger partial charge in [0.2, 0.25) is 0 Å². The van der Waals surface area contributed by atoms with E-state index in [0.29, 0.717) is 6.61 Å². The molecule has 0 bridgehead atoms. The van der Waals surface area contributed by atoms with Gasteiger partial charge in [0, 0.05) is 0 Å². The molecule has 0 aromatic heterocycles. The molecule has 1 aromatic carbocycles. The molecule has 0 amide bonds. The zero-order valence-electron chi connectivity index (χ0n) is 7.37. The van der Waals surface area contributed by atoms with Gasteiger partial charge < -0.3 is 4.74 Å². The van der Waals surface area contributed by atoms with Crippen molar-refractivity contribution < 1.29 is 9.53 Å². The second-order valence-electron chi connectivity index (χ2n) is 2.53. The van der Waals surface area contributed by atoms with E-state index in [4.69, 9.17) is 4.74 Å². The monoisotopic (exact) mass is 242 g/mol. The van der Waals surface area contributed by atoms with Crippen molar-refractivity contribution >= 4 is 21.9 Å². The molecule has 70 valence electrons. The van der Waals surface area contributed by atoms with Gasteiger partial charge in [-0.3, -0.25) is 4.79 Å². The predicted molar refractivity (Wildman–Crippen MR) is 54.7 cm³/mol. The number of benzene rings is 1. The van der Waals surface area contributed by atoms with Gasteiger partial charge in [0.1, 0.15) is 4.83 Å². The highest BCUT2D eigenvalue weighted by atomic mass is 79.9. The number of ether oxygens (including phenoxy) is 1. The van der Waals surface area contributed by atoms with E-state index in [1.165, 1.54) is 0 Å². The van der Waals surface area contributed by atoms with Crippen molar-refractivity contribution in [3.05, 3.63) is 35.9 Å². The lowest BCUT2D eigenvalue weighted by molar-refractivity contribution is -0.142. The van der Waals surface area contributed by atoms with Crippen LogP contribution in [0.3, 0.4) is 0 Å². The molecular formula is C10H11BrO2. The number of hydrogen-bond acceptors (Lipinski definition) is 2. The summed E-state index contributed by atoms with van der Waals surface area (Å²) in [7, 11) is 0. The molecule has 0 unspecified atom stereocenters. The van der Waals surface area contributed by atoms with Crippen LogP contribution in [0.5, 0.6) is 0 Å². The molecule has 0 N–H and O–H groups in total. The summed E-state index contributed by atoms with van der Waals surface area (Å²) in [5.41, 5.74) is 0.918. The van der Waals surface area contributed by atoms with Crippen LogP contribution in [0.1, 0.15) is 17.3 Å². The fourth-order valence-electron chi connectivity index (χ4n) is 0.974. The molecule has 2 nitrogen and oxygen atoms in total. The van der Waals surface area contributed by atoms with Gasteiger partial charge in [0.25, 0.3) is 0 Å². The molecule has 0 aliphatic carbocycles. The zero-order chi connectivity index (χ0) is 9.68. The number of rotatable bonds is 3. The van der Waals surface area contributed by atoms with E-state index in [2.05, 4.69) is 15.9 Å². The quantitative estimate of drug-likeness (QED) is 0.602. The highest BCUT2D eigenvalue weighted by molar-refractivity contribution is 9.09. The summed E-state index contributed by atoms with van der Waals surface area (Å²) in [6, 6.07) is 9.46. The molecule has 1 aromatic rings. The molecule has 0 radical (unpaired) electrons. The fraction of sp³-hybridized carbons (Fsp3) is 0.300. The first-order chi connectivity index (χ1) is 6.25. The van der Waals surface area contributed by atoms with Crippen LogP contribution in [-0.4, -0.2) is 12.6 Å². The lowest BCUT2D eigenvalue weighted by Crippen LogP contribution is -2.10. The largest absolute Gasteiger partial charge is 0.465 e. The second kappa shape index (κ2) is 5.02. The van der Waals surface area contributed by atoms with E-state index in [1.54, 1.807) is 6.92 Å². The summed E-state index contributed by atoms with van der Waals surface area (Å²) in [5.74, 6) is -0.242. The van der Waals surface area contributed by atoms with E-state index in [0.717, 1.165) is 5.56 Å². The maximum Gasteiger partial charge on any atom is 0.324 e. The Bertz CT molecular complexity index is 272. The molecule has 0 fully saturated rings. The molecule has 1 rings (SSSR count). The Hall–Kier alpha value is -0.830. The Morgan fingerprint density at radius 3 is 2.62 bits per heavy atom. The van der Waals surface area contributed by atoms with E-state index in [1.807, 2.05) is 30.3 Å². The van der Waals surface area contributed by atoms with Crippen LogP contribution in [0.4, 0.5) is 0 Å². The number of esters is 1. The van der Waals surface area contributed by atoms with Crippen LogP contribution in [0.25, 0.3) is 0 Å². The van der Waals surface area contributed by atoms with Crippen molar-refractivity contribution in [1.82, 2.24) is 0 Å². The number of carbonyl (C=O) groups is 1. The summed E-state index contributed by atoms with van der Waals surface area (Å²) in [6.45, 7) is 2.20. The lowest BCUT2D eigenvalue weighted by Gasteiger charge is -2.08. The Morgan fingerprint density at radius 1 is 1.46 bits per heavy atom. The van der Waals surface area contributed by atoms with Crippen molar-refractivity contribution in [2.24, 2.45) is 0 Å². The first-order valence-corrected chi connectivity index (χ1v) is 5.03. The van der Waals surface area contributed by atoms with Crippen molar-refractivity contribution in [2.45, 2.75) is 11.8 Å². The summed E-state index contributed by atoms with van der Waals surface area (Å²) in [6.07, 6.45) is 0. The van der Waals surface area contributed by atoms with Crippen molar-refractivity contribution in [2.75, 3.05) is 6.61 Å². The fourth-order valence-corrected chi connectivity index (χ4v) is 1.41. The minimum Gasteiger partial charge on any atom is -0.465 e. The summed E-state index contributed by atoms with van der Waals surface area (Å²) in [5, 5.41) is 0. The molecule has 0 aliphatic rings. The number of halogens is 1. The number of hydrogen-bond donors (Lipinski definition) is 0. The maximum atomic E-state index is 11.3. The molecule has 3 heteroatoms. The third-order valence-corrected chi connectivity index (χ3v) is 2.49. The van der Waals surface area contributed by atoms with Crippen LogP contribution in [0, 0.1) is 0 Å². The Morgan fingerprint density at radius 2 is 2.08 bits per heavy atom. The standard InChI is InChI=1S/C10H11BrO2/c1-2-13-10(12)9(11)8-6-4-3-5-7-8/h3-7,9H,2H2,1H3/t9-/m1/s1. The molecule has 0 heterocycles. The average Bonchev–Trinajstić information content (AvgIpc) is 2.18. The van der Waals surface area contributed by atoms with Crippen LogP contribution >= 0.6 is 15.9 Å². The minimum absolute atomic E-state index is 0.242. The molecule has 0 saturated carbocycles. The van der Waals surface area contributed by atoms with Crippen LogP contribution in [0.2, 0.25) is 0 Å². The van der Waals surface area contributed by atoms with Crippen LogP contribution in [0.15, 0.2) is 30.3 Å². The highest BCUT2D eigenvalue weighted by Gasteiger charge is 2.17. The van der Waals surface area contributed by atoms with E-state index in [9.17, 15) is 4.79 Å². The lowest BCUT2D eigenvalue weighted by atomic mass is 10.1. The van der Waals surface area contributed by atoms with Crippen molar-refractivity contribution in [1.29, 1.82) is 0 Å². The zero-order valence-corrected chi connectivity index (χ0v) is 8.95. The summed E-state index contributed by atoms with van der Waals surface area (Å²) < 4.78 is 4.87. The number of alkyl halides is 1. The van der Waals surface area contributed by atoms with Gasteiger partial charge >= 0.3 is 5.97 Å². The smallest absolute Gasteiger partial charge is 0.324 e. The van der Waals surface area contributed by atoms with Crippen LogP contribution < -0.4 is 0 Å².